The minimum absolute atomic E-state index is 0.249. The fourth-order valence-corrected chi connectivity index (χ4v) is 2.99. The molecule has 0 amide bonds. The normalized spacial score (nSPS) is 17.3. The van der Waals surface area contributed by atoms with E-state index in [-0.39, 0.29) is 5.92 Å². The Bertz CT molecular complexity index is 680. The van der Waals surface area contributed by atoms with E-state index in [1.165, 1.54) is 0 Å². The maximum absolute atomic E-state index is 6.23. The molecule has 1 N–H and O–H groups in total. The molecule has 0 aliphatic carbocycles. The molecular weight excluding hydrogens is 314 g/mol. The Hall–Kier alpha value is -1.66. The molecule has 6 nitrogen and oxygen atoms in total. The summed E-state index contributed by atoms with van der Waals surface area (Å²) >= 11 is 6.23. The van der Waals surface area contributed by atoms with Gasteiger partial charge in [0.05, 0.1) is 6.20 Å². The molecule has 1 atom stereocenters. The third kappa shape index (κ3) is 3.64. The molecule has 1 unspecified atom stereocenters. The van der Waals surface area contributed by atoms with Crippen LogP contribution in [-0.2, 0) is 4.74 Å². The van der Waals surface area contributed by atoms with Crippen LogP contribution in [0.3, 0.4) is 0 Å². The molecule has 0 radical (unpaired) electrons. The Morgan fingerprint density at radius 3 is 3.04 bits per heavy atom. The molecule has 1 saturated heterocycles. The number of anilines is 1. The number of hydrogen-bond donors (Lipinski definition) is 1. The number of ether oxygens (including phenoxy) is 1. The van der Waals surface area contributed by atoms with Crippen molar-refractivity contribution in [2.75, 3.05) is 18.5 Å². The van der Waals surface area contributed by atoms with Crippen LogP contribution in [0, 0.1) is 0 Å². The van der Waals surface area contributed by atoms with Gasteiger partial charge in [-0.2, -0.15) is 0 Å². The van der Waals surface area contributed by atoms with Crippen molar-refractivity contribution in [1.82, 2.24) is 19.6 Å². The van der Waals surface area contributed by atoms with Gasteiger partial charge in [-0.15, -0.1) is 11.7 Å². The van der Waals surface area contributed by atoms with Gasteiger partial charge < -0.3 is 10.1 Å². The summed E-state index contributed by atoms with van der Waals surface area (Å²) in [5, 5.41) is 8.43. The number of aromatic nitrogens is 4. The summed E-state index contributed by atoms with van der Waals surface area (Å²) in [6.45, 7) is 7.46. The monoisotopic (exact) mass is 335 g/mol. The van der Waals surface area contributed by atoms with Crippen molar-refractivity contribution in [2.24, 2.45) is 0 Å². The van der Waals surface area contributed by atoms with E-state index in [4.69, 9.17) is 16.3 Å². The van der Waals surface area contributed by atoms with E-state index in [2.05, 4.69) is 33.9 Å². The Kier molecular flexibility index (Phi) is 5.13. The number of fused-ring (bicyclic) bond motifs is 1. The van der Waals surface area contributed by atoms with Crippen LogP contribution in [0.2, 0.25) is 5.15 Å². The van der Waals surface area contributed by atoms with E-state index in [0.717, 1.165) is 50.2 Å². The molecule has 3 rings (SSSR count). The first-order chi connectivity index (χ1) is 11.2. The molecule has 1 aliphatic rings. The van der Waals surface area contributed by atoms with Crippen molar-refractivity contribution in [1.29, 1.82) is 0 Å². The van der Waals surface area contributed by atoms with E-state index < -0.39 is 0 Å². The molecule has 124 valence electrons. The largest absolute Gasteiger partial charge is 0.381 e. The molecule has 3 heterocycles. The molecule has 2 aromatic rings. The highest BCUT2D eigenvalue weighted by atomic mass is 35.5. The predicted octanol–water partition coefficient (Wildman–Crippen LogP) is 3.44. The van der Waals surface area contributed by atoms with E-state index in [9.17, 15) is 0 Å². The van der Waals surface area contributed by atoms with Gasteiger partial charge in [0, 0.05) is 25.2 Å². The van der Waals surface area contributed by atoms with Crippen molar-refractivity contribution in [3.8, 4) is 0 Å². The Morgan fingerprint density at radius 1 is 1.52 bits per heavy atom. The van der Waals surface area contributed by atoms with Crippen LogP contribution in [0.15, 0.2) is 18.9 Å². The van der Waals surface area contributed by atoms with Crippen LogP contribution in [0.4, 0.5) is 5.95 Å². The summed E-state index contributed by atoms with van der Waals surface area (Å²) in [6.07, 6.45) is 7.48. The molecule has 2 aromatic heterocycles. The summed E-state index contributed by atoms with van der Waals surface area (Å²) < 4.78 is 7.19. The average molecular weight is 336 g/mol. The first kappa shape index (κ1) is 16.2. The van der Waals surface area contributed by atoms with Gasteiger partial charge in [0.2, 0.25) is 5.95 Å². The standard InChI is InChI=1S/C16H22ClN5O/c1-3-4-5-11(2)15-20-14(17)13-10-18-16(21-22(13)15)19-12-6-8-23-9-7-12/h3,10-12H,1,4-9H2,2H3,(H,19,21). The Balaban J connectivity index is 1.85. The van der Waals surface area contributed by atoms with Crippen LogP contribution < -0.4 is 5.32 Å². The molecule has 0 bridgehead atoms. The SMILES string of the molecule is C=CCCC(C)c1nc(Cl)c2cnc(NC3CCOCC3)nn12. The van der Waals surface area contributed by atoms with Crippen molar-refractivity contribution in [2.45, 2.75) is 44.6 Å². The number of nitrogens with one attached hydrogen (secondary N) is 1. The highest BCUT2D eigenvalue weighted by Crippen LogP contribution is 2.25. The highest BCUT2D eigenvalue weighted by molar-refractivity contribution is 6.32. The van der Waals surface area contributed by atoms with Gasteiger partial charge in [-0.3, -0.25) is 0 Å². The lowest BCUT2D eigenvalue weighted by atomic mass is 10.1. The van der Waals surface area contributed by atoms with Crippen molar-refractivity contribution in [3.05, 3.63) is 29.8 Å². The molecule has 7 heteroatoms. The molecule has 23 heavy (non-hydrogen) atoms. The molecule has 0 spiro atoms. The van der Waals surface area contributed by atoms with Gasteiger partial charge in [0.25, 0.3) is 0 Å². The second kappa shape index (κ2) is 7.27. The lowest BCUT2D eigenvalue weighted by Gasteiger charge is -2.23. The second-order valence-electron chi connectivity index (χ2n) is 5.94. The zero-order valence-electron chi connectivity index (χ0n) is 13.3. The van der Waals surface area contributed by atoms with Gasteiger partial charge in [-0.25, -0.2) is 14.5 Å². The van der Waals surface area contributed by atoms with Crippen molar-refractivity contribution < 1.29 is 4.74 Å². The van der Waals surface area contributed by atoms with Gasteiger partial charge >= 0.3 is 0 Å². The summed E-state index contributed by atoms with van der Waals surface area (Å²) in [7, 11) is 0. The Labute approximate surface area is 140 Å². The molecule has 1 fully saturated rings. The highest BCUT2D eigenvalue weighted by Gasteiger charge is 2.19. The van der Waals surface area contributed by atoms with E-state index in [1.54, 1.807) is 6.20 Å². The molecular formula is C16H22ClN5O. The summed E-state index contributed by atoms with van der Waals surface area (Å²) in [5.74, 6) is 1.72. The minimum atomic E-state index is 0.249. The van der Waals surface area contributed by atoms with E-state index >= 15 is 0 Å². The van der Waals surface area contributed by atoms with Crippen molar-refractivity contribution >= 4 is 23.1 Å². The Morgan fingerprint density at radius 2 is 2.30 bits per heavy atom. The second-order valence-corrected chi connectivity index (χ2v) is 6.30. The zero-order chi connectivity index (χ0) is 16.2. The van der Waals surface area contributed by atoms with Gasteiger partial charge in [0.15, 0.2) is 5.15 Å². The fourth-order valence-electron chi connectivity index (χ4n) is 2.78. The topological polar surface area (TPSA) is 64.3 Å². The third-order valence-electron chi connectivity index (χ3n) is 4.17. The van der Waals surface area contributed by atoms with Crippen LogP contribution in [0.5, 0.6) is 0 Å². The quantitative estimate of drug-likeness (QED) is 0.819. The van der Waals surface area contributed by atoms with Gasteiger partial charge in [-0.05, 0) is 25.7 Å². The maximum atomic E-state index is 6.23. The third-order valence-corrected chi connectivity index (χ3v) is 4.45. The zero-order valence-corrected chi connectivity index (χ0v) is 14.1. The van der Waals surface area contributed by atoms with Crippen LogP contribution in [0.25, 0.3) is 5.52 Å². The van der Waals surface area contributed by atoms with Gasteiger partial charge in [0.1, 0.15) is 11.3 Å². The number of hydrogen-bond acceptors (Lipinski definition) is 5. The summed E-state index contributed by atoms with van der Waals surface area (Å²) in [6, 6.07) is 0.349. The number of rotatable bonds is 6. The molecule has 1 aliphatic heterocycles. The minimum Gasteiger partial charge on any atom is -0.381 e. The van der Waals surface area contributed by atoms with Crippen molar-refractivity contribution in [3.63, 3.8) is 0 Å². The first-order valence-corrected chi connectivity index (χ1v) is 8.43. The summed E-state index contributed by atoms with van der Waals surface area (Å²) in [4.78, 5) is 8.85. The lowest BCUT2D eigenvalue weighted by molar-refractivity contribution is 0.0903. The number of allylic oxidation sites excluding steroid dienone is 1. The van der Waals surface area contributed by atoms with Crippen LogP contribution in [-0.4, -0.2) is 38.8 Å². The fraction of sp³-hybridized carbons (Fsp3) is 0.562. The van der Waals surface area contributed by atoms with Crippen LogP contribution >= 0.6 is 11.6 Å². The first-order valence-electron chi connectivity index (χ1n) is 8.05. The number of halogens is 1. The average Bonchev–Trinajstić information content (AvgIpc) is 2.90. The van der Waals surface area contributed by atoms with Gasteiger partial charge in [-0.1, -0.05) is 24.6 Å². The predicted molar refractivity (Wildman–Crippen MR) is 91.1 cm³/mol. The number of nitrogens with zero attached hydrogens (tertiary/aromatic N) is 4. The summed E-state index contributed by atoms with van der Waals surface area (Å²) in [5.41, 5.74) is 0.740. The van der Waals surface area contributed by atoms with E-state index in [1.807, 2.05) is 10.6 Å². The smallest absolute Gasteiger partial charge is 0.241 e. The lowest BCUT2D eigenvalue weighted by Crippen LogP contribution is -2.29. The molecule has 0 saturated carbocycles. The maximum Gasteiger partial charge on any atom is 0.241 e. The number of imidazole rings is 1. The molecule has 0 aromatic carbocycles. The van der Waals surface area contributed by atoms with E-state index in [0.29, 0.717) is 17.1 Å². The van der Waals surface area contributed by atoms with Crippen LogP contribution in [0.1, 0.15) is 44.3 Å².